The molecule has 0 aliphatic carbocycles. The summed E-state index contributed by atoms with van der Waals surface area (Å²) < 4.78 is 21.9. The molecular formula is C10H18O5. The Morgan fingerprint density at radius 2 is 1.80 bits per heavy atom. The van der Waals surface area contributed by atoms with Gasteiger partial charge >= 0.3 is 0 Å². The maximum atomic E-state index is 9.91. The number of hydrogen-bond acceptors (Lipinski definition) is 5. The molecule has 5 nitrogen and oxygen atoms in total. The van der Waals surface area contributed by atoms with Crippen LogP contribution in [0.15, 0.2) is 0 Å². The highest BCUT2D eigenvalue weighted by Gasteiger charge is 2.54. The zero-order valence-electron chi connectivity index (χ0n) is 9.47. The largest absolute Gasteiger partial charge is 0.388 e. The van der Waals surface area contributed by atoms with Gasteiger partial charge in [0.15, 0.2) is 12.1 Å². The first-order valence-electron chi connectivity index (χ1n) is 5.16. The van der Waals surface area contributed by atoms with Gasteiger partial charge in [0.1, 0.15) is 18.3 Å². The molecule has 2 aliphatic heterocycles. The summed E-state index contributed by atoms with van der Waals surface area (Å²) in [7, 11) is 1.56. The molecule has 0 spiro atoms. The maximum absolute atomic E-state index is 9.91. The lowest BCUT2D eigenvalue weighted by atomic mass is 10.0. The molecule has 15 heavy (non-hydrogen) atoms. The third kappa shape index (κ3) is 1.90. The quantitative estimate of drug-likeness (QED) is 0.684. The fraction of sp³-hybridized carbons (Fsp3) is 1.00. The van der Waals surface area contributed by atoms with E-state index in [-0.39, 0.29) is 18.3 Å². The van der Waals surface area contributed by atoms with Crippen LogP contribution in [-0.2, 0) is 18.9 Å². The first-order chi connectivity index (χ1) is 6.94. The molecule has 0 aromatic carbocycles. The predicted octanol–water partition coefficient (Wildman–Crippen LogP) is 0.259. The SMILES string of the molecule is CO[C@H]1O[C@H](C)[C@@H](O)C2OC(C)(C)O[C@@H]21. The fourth-order valence-corrected chi connectivity index (χ4v) is 2.12. The Kier molecular flexibility index (Phi) is 2.77. The van der Waals surface area contributed by atoms with Gasteiger partial charge in [0.05, 0.1) is 6.10 Å². The summed E-state index contributed by atoms with van der Waals surface area (Å²) >= 11 is 0. The summed E-state index contributed by atoms with van der Waals surface area (Å²) in [5, 5.41) is 9.91. The van der Waals surface area contributed by atoms with Crippen LogP contribution in [-0.4, -0.2) is 48.7 Å². The monoisotopic (exact) mass is 218 g/mol. The number of aliphatic hydroxyl groups excluding tert-OH is 1. The van der Waals surface area contributed by atoms with Crippen LogP contribution in [0.2, 0.25) is 0 Å². The van der Waals surface area contributed by atoms with E-state index >= 15 is 0 Å². The van der Waals surface area contributed by atoms with Crippen molar-refractivity contribution in [3.8, 4) is 0 Å². The van der Waals surface area contributed by atoms with Crippen LogP contribution in [0.5, 0.6) is 0 Å². The van der Waals surface area contributed by atoms with Crippen LogP contribution in [0, 0.1) is 0 Å². The summed E-state index contributed by atoms with van der Waals surface area (Å²) in [4.78, 5) is 0. The molecule has 0 aromatic rings. The van der Waals surface area contributed by atoms with Gasteiger partial charge in [0.25, 0.3) is 0 Å². The number of hydrogen-bond donors (Lipinski definition) is 1. The van der Waals surface area contributed by atoms with Crippen molar-refractivity contribution in [3.05, 3.63) is 0 Å². The molecule has 0 amide bonds. The van der Waals surface area contributed by atoms with Crippen molar-refractivity contribution in [2.45, 2.75) is 57.3 Å². The lowest BCUT2D eigenvalue weighted by molar-refractivity contribution is -0.262. The van der Waals surface area contributed by atoms with Crippen molar-refractivity contribution in [3.63, 3.8) is 0 Å². The molecule has 0 aromatic heterocycles. The smallest absolute Gasteiger partial charge is 0.186 e. The zero-order valence-corrected chi connectivity index (χ0v) is 9.47. The van der Waals surface area contributed by atoms with E-state index in [1.54, 1.807) is 14.0 Å². The Morgan fingerprint density at radius 1 is 1.20 bits per heavy atom. The minimum atomic E-state index is -0.694. The molecule has 2 rings (SSSR count). The van der Waals surface area contributed by atoms with Crippen molar-refractivity contribution < 1.29 is 24.1 Å². The molecule has 88 valence electrons. The van der Waals surface area contributed by atoms with E-state index in [9.17, 15) is 5.11 Å². The first kappa shape index (κ1) is 11.3. The first-order valence-corrected chi connectivity index (χ1v) is 5.16. The number of fused-ring (bicyclic) bond motifs is 1. The lowest BCUT2D eigenvalue weighted by Gasteiger charge is -2.37. The zero-order chi connectivity index (χ0) is 11.2. The van der Waals surface area contributed by atoms with Crippen molar-refractivity contribution in [1.82, 2.24) is 0 Å². The van der Waals surface area contributed by atoms with Crippen molar-refractivity contribution in [1.29, 1.82) is 0 Å². The second kappa shape index (κ2) is 3.68. The van der Waals surface area contributed by atoms with Crippen molar-refractivity contribution >= 4 is 0 Å². The number of aliphatic hydroxyl groups is 1. The standard InChI is InChI=1S/C10H18O5/c1-5-6(11)7-8(9(12-4)13-5)15-10(2,3)14-7/h5-9,11H,1-4H3/t5-,6-,7?,8+,9+/m1/s1. The molecular weight excluding hydrogens is 200 g/mol. The second-order valence-corrected chi connectivity index (χ2v) is 4.50. The summed E-state index contributed by atoms with van der Waals surface area (Å²) in [6, 6.07) is 0. The molecule has 0 bridgehead atoms. The molecule has 2 heterocycles. The average Bonchev–Trinajstić information content (AvgIpc) is 2.48. The molecule has 0 saturated carbocycles. The minimum Gasteiger partial charge on any atom is -0.388 e. The topological polar surface area (TPSA) is 57.2 Å². The Labute approximate surface area is 89.3 Å². The average molecular weight is 218 g/mol. The van der Waals surface area contributed by atoms with Gasteiger partial charge in [0, 0.05) is 7.11 Å². The van der Waals surface area contributed by atoms with Crippen LogP contribution in [0.4, 0.5) is 0 Å². The van der Waals surface area contributed by atoms with Crippen molar-refractivity contribution in [2.24, 2.45) is 0 Å². The Hall–Kier alpha value is -0.200. The molecule has 0 radical (unpaired) electrons. The van der Waals surface area contributed by atoms with Gasteiger partial charge in [-0.25, -0.2) is 0 Å². The Bertz CT molecular complexity index is 234. The maximum Gasteiger partial charge on any atom is 0.186 e. The van der Waals surface area contributed by atoms with Gasteiger partial charge in [0.2, 0.25) is 0 Å². The van der Waals surface area contributed by atoms with E-state index < -0.39 is 18.2 Å². The number of rotatable bonds is 1. The normalized spacial score (nSPS) is 49.0. The molecule has 1 unspecified atom stereocenters. The van der Waals surface area contributed by atoms with E-state index in [0.717, 1.165) is 0 Å². The van der Waals surface area contributed by atoms with Crippen LogP contribution in [0.25, 0.3) is 0 Å². The molecule has 2 saturated heterocycles. The summed E-state index contributed by atoms with van der Waals surface area (Å²) in [5.74, 6) is -0.694. The Morgan fingerprint density at radius 3 is 2.40 bits per heavy atom. The predicted molar refractivity (Wildman–Crippen MR) is 51.2 cm³/mol. The van der Waals surface area contributed by atoms with Crippen molar-refractivity contribution in [2.75, 3.05) is 7.11 Å². The van der Waals surface area contributed by atoms with Gasteiger partial charge in [-0.15, -0.1) is 0 Å². The molecule has 1 N–H and O–H groups in total. The third-order valence-corrected chi connectivity index (χ3v) is 2.83. The van der Waals surface area contributed by atoms with E-state index in [4.69, 9.17) is 18.9 Å². The third-order valence-electron chi connectivity index (χ3n) is 2.83. The molecule has 2 fully saturated rings. The van der Waals surface area contributed by atoms with E-state index in [0.29, 0.717) is 0 Å². The van der Waals surface area contributed by atoms with Crippen LogP contribution < -0.4 is 0 Å². The molecule has 5 atom stereocenters. The highest BCUT2D eigenvalue weighted by atomic mass is 16.8. The molecule has 5 heteroatoms. The lowest BCUT2D eigenvalue weighted by Crippen LogP contribution is -2.55. The fourth-order valence-electron chi connectivity index (χ4n) is 2.12. The van der Waals surface area contributed by atoms with Crippen LogP contribution in [0.1, 0.15) is 20.8 Å². The van der Waals surface area contributed by atoms with E-state index in [2.05, 4.69) is 0 Å². The van der Waals surface area contributed by atoms with Gasteiger partial charge in [-0.2, -0.15) is 0 Å². The number of methoxy groups -OCH3 is 1. The summed E-state index contributed by atoms with van der Waals surface area (Å²) in [5.41, 5.74) is 0. The van der Waals surface area contributed by atoms with E-state index in [1.807, 2.05) is 13.8 Å². The summed E-state index contributed by atoms with van der Waals surface area (Å²) in [6.07, 6.45) is -2.21. The van der Waals surface area contributed by atoms with Gasteiger partial charge in [-0.3, -0.25) is 0 Å². The van der Waals surface area contributed by atoms with Gasteiger partial charge in [-0.05, 0) is 20.8 Å². The van der Waals surface area contributed by atoms with Gasteiger partial charge < -0.3 is 24.1 Å². The number of ether oxygens (including phenoxy) is 4. The highest BCUT2D eigenvalue weighted by Crippen LogP contribution is 2.37. The Balaban J connectivity index is 2.18. The minimum absolute atomic E-state index is 0.311. The van der Waals surface area contributed by atoms with Crippen LogP contribution in [0.3, 0.4) is 0 Å². The second-order valence-electron chi connectivity index (χ2n) is 4.50. The van der Waals surface area contributed by atoms with Crippen LogP contribution >= 0.6 is 0 Å². The van der Waals surface area contributed by atoms with E-state index in [1.165, 1.54) is 0 Å². The highest BCUT2D eigenvalue weighted by molar-refractivity contribution is 4.94. The molecule has 2 aliphatic rings. The summed E-state index contributed by atoms with van der Waals surface area (Å²) in [6.45, 7) is 5.42. The van der Waals surface area contributed by atoms with Gasteiger partial charge in [-0.1, -0.05) is 0 Å².